The zero-order chi connectivity index (χ0) is 10.7. The second-order valence-corrected chi connectivity index (χ2v) is 3.73. The molecule has 0 amide bonds. The minimum atomic E-state index is 0.254. The van der Waals surface area contributed by atoms with Gasteiger partial charge in [0.2, 0.25) is 0 Å². The van der Waals surface area contributed by atoms with E-state index in [1.54, 1.807) is 0 Å². The number of rotatable bonds is 3. The van der Waals surface area contributed by atoms with Gasteiger partial charge in [-0.15, -0.1) is 0 Å². The Bertz CT molecular complexity index is 448. The van der Waals surface area contributed by atoms with Crippen LogP contribution in [0.3, 0.4) is 0 Å². The number of H-pyrrole nitrogens is 1. The van der Waals surface area contributed by atoms with Crippen molar-refractivity contribution in [2.24, 2.45) is 0 Å². The summed E-state index contributed by atoms with van der Waals surface area (Å²) in [6, 6.07) is 10.2. The third-order valence-corrected chi connectivity index (χ3v) is 2.56. The average molecular weight is 202 g/mol. The lowest BCUT2D eigenvalue weighted by Gasteiger charge is -2.11. The zero-order valence-electron chi connectivity index (χ0n) is 9.16. The highest BCUT2D eigenvalue weighted by molar-refractivity contribution is 5.81. The highest BCUT2D eigenvalue weighted by atomic mass is 16.5. The fourth-order valence-electron chi connectivity index (χ4n) is 1.52. The standard InChI is InChI=1S/C13H15NO/c1-3-10(2)15-12-8-4-6-11-7-5-9-14-13(11)12/h4-10H,3H2,1-2H3/p+1. The number of fused-ring (bicyclic) bond motifs is 1. The molecule has 1 unspecified atom stereocenters. The van der Waals surface area contributed by atoms with Crippen molar-refractivity contribution in [3.05, 3.63) is 36.5 Å². The summed E-state index contributed by atoms with van der Waals surface area (Å²) in [4.78, 5) is 3.22. The van der Waals surface area contributed by atoms with Gasteiger partial charge in [0.15, 0.2) is 11.9 Å². The van der Waals surface area contributed by atoms with Crippen molar-refractivity contribution in [3.63, 3.8) is 0 Å². The van der Waals surface area contributed by atoms with Crippen molar-refractivity contribution in [3.8, 4) is 5.75 Å². The lowest BCUT2D eigenvalue weighted by atomic mass is 10.2. The molecule has 1 aromatic carbocycles. The van der Waals surface area contributed by atoms with Crippen LogP contribution >= 0.6 is 0 Å². The number of para-hydroxylation sites is 1. The summed E-state index contributed by atoms with van der Waals surface area (Å²) in [6.45, 7) is 4.21. The van der Waals surface area contributed by atoms with Gasteiger partial charge in [-0.1, -0.05) is 13.0 Å². The molecule has 0 fully saturated rings. The van der Waals surface area contributed by atoms with E-state index < -0.39 is 0 Å². The van der Waals surface area contributed by atoms with Crippen LogP contribution in [-0.4, -0.2) is 6.10 Å². The fourth-order valence-corrected chi connectivity index (χ4v) is 1.52. The number of pyridine rings is 1. The summed E-state index contributed by atoms with van der Waals surface area (Å²) in [5.74, 6) is 0.933. The van der Waals surface area contributed by atoms with E-state index >= 15 is 0 Å². The molecule has 2 heteroatoms. The molecular formula is C13H16NO+. The van der Waals surface area contributed by atoms with Crippen molar-refractivity contribution < 1.29 is 9.72 Å². The summed E-state index contributed by atoms with van der Waals surface area (Å²) in [5.41, 5.74) is 1.07. The summed E-state index contributed by atoms with van der Waals surface area (Å²) in [7, 11) is 0. The minimum Gasteiger partial charge on any atom is -0.484 e. The Hall–Kier alpha value is -1.57. The first-order valence-electron chi connectivity index (χ1n) is 5.37. The summed E-state index contributed by atoms with van der Waals surface area (Å²) < 4.78 is 5.85. The molecular weight excluding hydrogens is 186 g/mol. The maximum atomic E-state index is 5.85. The highest BCUT2D eigenvalue weighted by Crippen LogP contribution is 2.22. The van der Waals surface area contributed by atoms with E-state index in [4.69, 9.17) is 4.74 Å². The van der Waals surface area contributed by atoms with Crippen molar-refractivity contribution in [2.45, 2.75) is 26.4 Å². The smallest absolute Gasteiger partial charge is 0.253 e. The molecule has 2 nitrogen and oxygen atoms in total. The van der Waals surface area contributed by atoms with Crippen molar-refractivity contribution >= 4 is 10.9 Å². The second-order valence-electron chi connectivity index (χ2n) is 3.73. The van der Waals surface area contributed by atoms with Gasteiger partial charge in [0.05, 0.1) is 11.5 Å². The van der Waals surface area contributed by atoms with Gasteiger partial charge >= 0.3 is 0 Å². The van der Waals surface area contributed by atoms with Crippen LogP contribution in [0.15, 0.2) is 36.5 Å². The average Bonchev–Trinajstić information content (AvgIpc) is 2.29. The number of nitrogens with one attached hydrogen (secondary N) is 1. The van der Waals surface area contributed by atoms with Gasteiger partial charge in [0, 0.05) is 6.07 Å². The zero-order valence-corrected chi connectivity index (χ0v) is 9.16. The van der Waals surface area contributed by atoms with Crippen LogP contribution in [0.4, 0.5) is 0 Å². The molecule has 0 bridgehead atoms. The fraction of sp³-hybridized carbons (Fsp3) is 0.308. The lowest BCUT2D eigenvalue weighted by molar-refractivity contribution is -0.345. The van der Waals surface area contributed by atoms with E-state index in [0.717, 1.165) is 17.7 Å². The first-order chi connectivity index (χ1) is 7.31. The predicted octanol–water partition coefficient (Wildman–Crippen LogP) is 2.83. The van der Waals surface area contributed by atoms with Crippen molar-refractivity contribution in [1.29, 1.82) is 0 Å². The Kier molecular flexibility index (Phi) is 2.86. The summed E-state index contributed by atoms with van der Waals surface area (Å²) >= 11 is 0. The largest absolute Gasteiger partial charge is 0.484 e. The van der Waals surface area contributed by atoms with Crippen LogP contribution in [0.2, 0.25) is 0 Å². The molecule has 2 rings (SSSR count). The van der Waals surface area contributed by atoms with Crippen molar-refractivity contribution in [2.75, 3.05) is 0 Å². The molecule has 2 aromatic rings. The Balaban J connectivity index is 2.42. The number of hydrogen-bond donors (Lipinski definition) is 0. The normalized spacial score (nSPS) is 12.7. The molecule has 1 atom stereocenters. The molecule has 0 aliphatic carbocycles. The summed E-state index contributed by atoms with van der Waals surface area (Å²) in [5, 5.41) is 1.18. The van der Waals surface area contributed by atoms with E-state index in [1.807, 2.05) is 24.4 Å². The molecule has 0 radical (unpaired) electrons. The quantitative estimate of drug-likeness (QED) is 0.750. The van der Waals surface area contributed by atoms with Crippen LogP contribution in [0.1, 0.15) is 20.3 Å². The third-order valence-electron chi connectivity index (χ3n) is 2.56. The number of aromatic nitrogens is 1. The van der Waals surface area contributed by atoms with Crippen LogP contribution in [0, 0.1) is 0 Å². The highest BCUT2D eigenvalue weighted by Gasteiger charge is 2.09. The van der Waals surface area contributed by atoms with Gasteiger partial charge in [-0.25, -0.2) is 4.98 Å². The van der Waals surface area contributed by atoms with E-state index in [2.05, 4.69) is 31.0 Å². The predicted molar refractivity (Wildman–Crippen MR) is 60.9 cm³/mol. The lowest BCUT2D eigenvalue weighted by Crippen LogP contribution is -2.12. The molecule has 0 saturated heterocycles. The molecule has 1 heterocycles. The third kappa shape index (κ3) is 2.09. The number of hydrogen-bond acceptors (Lipinski definition) is 1. The van der Waals surface area contributed by atoms with E-state index in [9.17, 15) is 0 Å². The van der Waals surface area contributed by atoms with Gasteiger partial charge in [-0.2, -0.15) is 0 Å². The van der Waals surface area contributed by atoms with Crippen LogP contribution < -0.4 is 9.72 Å². The molecule has 15 heavy (non-hydrogen) atoms. The molecule has 0 aliphatic rings. The topological polar surface area (TPSA) is 23.4 Å². The van der Waals surface area contributed by atoms with Crippen LogP contribution in [0.25, 0.3) is 10.9 Å². The Morgan fingerprint density at radius 1 is 1.27 bits per heavy atom. The maximum absolute atomic E-state index is 5.85. The Labute approximate surface area is 89.9 Å². The molecule has 78 valence electrons. The molecule has 1 aromatic heterocycles. The molecule has 1 N–H and O–H groups in total. The van der Waals surface area contributed by atoms with Crippen LogP contribution in [0.5, 0.6) is 5.75 Å². The number of benzene rings is 1. The van der Waals surface area contributed by atoms with Crippen LogP contribution in [-0.2, 0) is 0 Å². The van der Waals surface area contributed by atoms with Crippen molar-refractivity contribution in [1.82, 2.24) is 0 Å². The van der Waals surface area contributed by atoms with E-state index in [0.29, 0.717) is 0 Å². The van der Waals surface area contributed by atoms with Gasteiger partial charge in [0.25, 0.3) is 5.52 Å². The van der Waals surface area contributed by atoms with Gasteiger partial charge in [-0.3, -0.25) is 0 Å². The Morgan fingerprint density at radius 3 is 2.87 bits per heavy atom. The molecule has 0 spiro atoms. The maximum Gasteiger partial charge on any atom is 0.253 e. The van der Waals surface area contributed by atoms with E-state index in [-0.39, 0.29) is 6.10 Å². The van der Waals surface area contributed by atoms with Gasteiger partial charge < -0.3 is 4.74 Å². The van der Waals surface area contributed by atoms with Gasteiger partial charge in [-0.05, 0) is 31.5 Å². The first kappa shape index (κ1) is 9.97. The Morgan fingerprint density at radius 2 is 2.07 bits per heavy atom. The monoisotopic (exact) mass is 202 g/mol. The minimum absolute atomic E-state index is 0.254. The number of ether oxygens (including phenoxy) is 1. The molecule has 0 saturated carbocycles. The molecule has 0 aliphatic heterocycles. The number of aromatic amines is 1. The first-order valence-corrected chi connectivity index (χ1v) is 5.37. The van der Waals surface area contributed by atoms with Gasteiger partial charge in [0.1, 0.15) is 0 Å². The van der Waals surface area contributed by atoms with E-state index in [1.165, 1.54) is 5.39 Å². The SMILES string of the molecule is CCC(C)Oc1cccc2ccc[nH+]c12. The second kappa shape index (κ2) is 4.30. The summed E-state index contributed by atoms with van der Waals surface area (Å²) in [6.07, 6.45) is 3.19.